The highest BCUT2D eigenvalue weighted by Gasteiger charge is 2.12. The maximum atomic E-state index is 13.5. The Morgan fingerprint density at radius 2 is 2.06 bits per heavy atom. The van der Waals surface area contributed by atoms with Crippen molar-refractivity contribution in [1.29, 1.82) is 0 Å². The molecule has 5 heteroatoms. The summed E-state index contributed by atoms with van der Waals surface area (Å²) in [7, 11) is 1.75. The van der Waals surface area contributed by atoms with E-state index >= 15 is 0 Å². The molecule has 0 atom stereocenters. The molecule has 16 heavy (non-hydrogen) atoms. The molecule has 2 aromatic rings. The van der Waals surface area contributed by atoms with Crippen molar-refractivity contribution in [2.24, 2.45) is 7.05 Å². The van der Waals surface area contributed by atoms with Crippen LogP contribution in [0.2, 0.25) is 0 Å². The van der Waals surface area contributed by atoms with Crippen molar-refractivity contribution < 1.29 is 4.39 Å². The molecule has 0 aliphatic rings. The Morgan fingerprint density at radius 3 is 2.62 bits per heavy atom. The van der Waals surface area contributed by atoms with Gasteiger partial charge >= 0.3 is 0 Å². The lowest BCUT2D eigenvalue weighted by Crippen LogP contribution is -1.96. The predicted octanol–water partition coefficient (Wildman–Crippen LogP) is 2.88. The van der Waals surface area contributed by atoms with Crippen LogP contribution in [-0.2, 0) is 7.05 Å². The van der Waals surface area contributed by atoms with Gasteiger partial charge in [0, 0.05) is 18.7 Å². The van der Waals surface area contributed by atoms with Gasteiger partial charge in [0.1, 0.15) is 11.6 Å². The van der Waals surface area contributed by atoms with Crippen LogP contribution in [0, 0.1) is 12.7 Å². The second kappa shape index (κ2) is 3.90. The molecular weight excluding hydrogens is 273 g/mol. The predicted molar refractivity (Wildman–Crippen MR) is 65.5 cm³/mol. The van der Waals surface area contributed by atoms with Crippen LogP contribution in [0.25, 0.3) is 11.3 Å². The smallest absolute Gasteiger partial charge is 0.138 e. The number of hydrogen-bond acceptors (Lipinski definition) is 2. The molecular formula is C11H11BrFN3. The molecule has 84 valence electrons. The van der Waals surface area contributed by atoms with Crippen LogP contribution in [0.3, 0.4) is 0 Å². The number of aromatic nitrogens is 2. The molecule has 1 aromatic carbocycles. The maximum Gasteiger partial charge on any atom is 0.138 e. The third-order valence-electron chi connectivity index (χ3n) is 2.36. The monoisotopic (exact) mass is 283 g/mol. The highest BCUT2D eigenvalue weighted by atomic mass is 79.9. The van der Waals surface area contributed by atoms with Crippen molar-refractivity contribution in [3.8, 4) is 11.3 Å². The second-order valence-corrected chi connectivity index (χ2v) is 4.48. The summed E-state index contributed by atoms with van der Waals surface area (Å²) in [5, 5.41) is 4.22. The van der Waals surface area contributed by atoms with Gasteiger partial charge in [0.15, 0.2) is 0 Å². The van der Waals surface area contributed by atoms with E-state index in [-0.39, 0.29) is 5.82 Å². The first-order valence-electron chi connectivity index (χ1n) is 4.74. The van der Waals surface area contributed by atoms with E-state index in [1.54, 1.807) is 17.8 Å². The van der Waals surface area contributed by atoms with Crippen LogP contribution in [0.5, 0.6) is 0 Å². The number of aryl methyl sites for hydroxylation is 2. The van der Waals surface area contributed by atoms with Gasteiger partial charge in [-0.15, -0.1) is 0 Å². The number of anilines is 1. The molecule has 3 nitrogen and oxygen atoms in total. The van der Waals surface area contributed by atoms with E-state index in [9.17, 15) is 4.39 Å². The lowest BCUT2D eigenvalue weighted by molar-refractivity contribution is 0.620. The molecule has 0 saturated heterocycles. The minimum atomic E-state index is -0.292. The topological polar surface area (TPSA) is 43.8 Å². The summed E-state index contributed by atoms with van der Waals surface area (Å²) < 4.78 is 15.5. The van der Waals surface area contributed by atoms with E-state index in [0.717, 1.165) is 5.56 Å². The highest BCUT2D eigenvalue weighted by Crippen LogP contribution is 2.31. The second-order valence-electron chi connectivity index (χ2n) is 3.69. The third kappa shape index (κ3) is 1.82. The van der Waals surface area contributed by atoms with Gasteiger partial charge in [-0.25, -0.2) is 4.39 Å². The van der Waals surface area contributed by atoms with Crippen LogP contribution >= 0.6 is 15.9 Å². The largest absolute Gasteiger partial charge is 0.384 e. The van der Waals surface area contributed by atoms with Crippen molar-refractivity contribution >= 4 is 21.7 Å². The summed E-state index contributed by atoms with van der Waals surface area (Å²) in [5.74, 6) is 0.253. The standard InChI is InChI=1S/C11H11BrFN3/c1-6-3-7(11(12)8(13)4-6)9-5-10(14)16(2)15-9/h3-5H,14H2,1-2H3. The molecule has 1 heterocycles. The normalized spacial score (nSPS) is 10.8. The van der Waals surface area contributed by atoms with E-state index in [2.05, 4.69) is 21.0 Å². The van der Waals surface area contributed by atoms with Crippen molar-refractivity contribution in [3.05, 3.63) is 34.1 Å². The highest BCUT2D eigenvalue weighted by molar-refractivity contribution is 9.10. The molecule has 0 unspecified atom stereocenters. The molecule has 0 saturated carbocycles. The summed E-state index contributed by atoms with van der Waals surface area (Å²) in [6.07, 6.45) is 0. The minimum absolute atomic E-state index is 0.292. The number of benzene rings is 1. The van der Waals surface area contributed by atoms with Crippen molar-refractivity contribution in [2.75, 3.05) is 5.73 Å². The van der Waals surface area contributed by atoms with Gasteiger partial charge in [0.25, 0.3) is 0 Å². The van der Waals surface area contributed by atoms with E-state index in [1.165, 1.54) is 6.07 Å². The summed E-state index contributed by atoms with van der Waals surface area (Å²) in [4.78, 5) is 0. The first-order valence-corrected chi connectivity index (χ1v) is 5.54. The van der Waals surface area contributed by atoms with Gasteiger partial charge in [0.05, 0.1) is 10.2 Å². The molecule has 0 radical (unpaired) electrons. The van der Waals surface area contributed by atoms with Crippen LogP contribution in [-0.4, -0.2) is 9.78 Å². The molecule has 0 spiro atoms. The summed E-state index contributed by atoms with van der Waals surface area (Å²) in [6, 6.07) is 5.06. The SMILES string of the molecule is Cc1cc(F)c(Br)c(-c2cc(N)n(C)n2)c1. The fraction of sp³-hybridized carbons (Fsp3) is 0.182. The Hall–Kier alpha value is -1.36. The minimum Gasteiger partial charge on any atom is -0.384 e. The van der Waals surface area contributed by atoms with E-state index in [4.69, 9.17) is 5.73 Å². The van der Waals surface area contributed by atoms with Gasteiger partial charge in [-0.3, -0.25) is 4.68 Å². The molecule has 2 rings (SSSR count). The van der Waals surface area contributed by atoms with Gasteiger partial charge in [-0.1, -0.05) is 0 Å². The van der Waals surface area contributed by atoms with Crippen molar-refractivity contribution in [1.82, 2.24) is 9.78 Å². The van der Waals surface area contributed by atoms with E-state index in [1.807, 2.05) is 13.0 Å². The zero-order chi connectivity index (χ0) is 11.9. The summed E-state index contributed by atoms with van der Waals surface area (Å²) >= 11 is 3.22. The first-order chi connectivity index (χ1) is 7.49. The van der Waals surface area contributed by atoms with Crippen LogP contribution in [0.15, 0.2) is 22.7 Å². The fourth-order valence-corrected chi connectivity index (χ4v) is 1.96. The van der Waals surface area contributed by atoms with Crippen LogP contribution in [0.4, 0.5) is 10.2 Å². The quantitative estimate of drug-likeness (QED) is 0.875. The maximum absolute atomic E-state index is 13.5. The van der Waals surface area contributed by atoms with E-state index in [0.29, 0.717) is 21.5 Å². The number of nitrogen functional groups attached to an aromatic ring is 1. The van der Waals surface area contributed by atoms with Crippen molar-refractivity contribution in [3.63, 3.8) is 0 Å². The van der Waals surface area contributed by atoms with Crippen LogP contribution in [0.1, 0.15) is 5.56 Å². The number of halogens is 2. The zero-order valence-corrected chi connectivity index (χ0v) is 10.5. The summed E-state index contributed by atoms with van der Waals surface area (Å²) in [6.45, 7) is 1.84. The Labute approximate surface area is 101 Å². The first kappa shape index (κ1) is 11.1. The Bertz CT molecular complexity index is 529. The van der Waals surface area contributed by atoms with Gasteiger partial charge in [-0.05, 0) is 40.5 Å². The Kier molecular flexibility index (Phi) is 2.71. The Balaban J connectivity index is 2.63. The third-order valence-corrected chi connectivity index (χ3v) is 3.17. The van der Waals surface area contributed by atoms with Gasteiger partial charge in [-0.2, -0.15) is 5.10 Å². The summed E-state index contributed by atoms with van der Waals surface area (Å²) in [5.41, 5.74) is 7.92. The molecule has 0 aliphatic carbocycles. The van der Waals surface area contributed by atoms with E-state index < -0.39 is 0 Å². The lowest BCUT2D eigenvalue weighted by atomic mass is 10.1. The zero-order valence-electron chi connectivity index (χ0n) is 8.96. The van der Waals surface area contributed by atoms with Crippen molar-refractivity contribution in [2.45, 2.75) is 6.92 Å². The average molecular weight is 284 g/mol. The van der Waals surface area contributed by atoms with Crippen LogP contribution < -0.4 is 5.73 Å². The lowest BCUT2D eigenvalue weighted by Gasteiger charge is -2.04. The molecule has 2 N–H and O–H groups in total. The van der Waals surface area contributed by atoms with Gasteiger partial charge in [0.2, 0.25) is 0 Å². The molecule has 1 aromatic heterocycles. The van der Waals surface area contributed by atoms with Gasteiger partial charge < -0.3 is 5.73 Å². The number of rotatable bonds is 1. The number of nitrogens with two attached hydrogens (primary N) is 1. The molecule has 0 amide bonds. The molecule has 0 aliphatic heterocycles. The molecule has 0 bridgehead atoms. The average Bonchev–Trinajstić information content (AvgIpc) is 2.53. The fourth-order valence-electron chi connectivity index (χ4n) is 1.52. The molecule has 0 fully saturated rings. The number of nitrogens with zero attached hydrogens (tertiary/aromatic N) is 2. The number of hydrogen-bond donors (Lipinski definition) is 1. The Morgan fingerprint density at radius 1 is 1.38 bits per heavy atom.